The van der Waals surface area contributed by atoms with Crippen LogP contribution < -0.4 is 0 Å². The number of carbonyl (C=O) groups excluding carboxylic acids is 1. The first-order valence-electron chi connectivity index (χ1n) is 9.62. The zero-order valence-electron chi connectivity index (χ0n) is 14.9. The highest BCUT2D eigenvalue weighted by molar-refractivity contribution is 5.53. The number of rotatable bonds is 4. The van der Waals surface area contributed by atoms with Crippen molar-refractivity contribution in [2.45, 2.75) is 70.3 Å². The lowest BCUT2D eigenvalue weighted by Crippen LogP contribution is -2.26. The summed E-state index contributed by atoms with van der Waals surface area (Å²) >= 11 is 0. The molecule has 0 aromatic heterocycles. The van der Waals surface area contributed by atoms with Gasteiger partial charge in [-0.3, -0.25) is 0 Å². The van der Waals surface area contributed by atoms with Gasteiger partial charge in [-0.1, -0.05) is 12.1 Å². The average Bonchev–Trinajstić information content (AvgIpc) is 2.64. The van der Waals surface area contributed by atoms with Crippen LogP contribution in [0.4, 0.5) is 8.78 Å². The van der Waals surface area contributed by atoms with Crippen LogP contribution in [0.2, 0.25) is 0 Å². The third-order valence-electron chi connectivity index (χ3n) is 6.48. The van der Waals surface area contributed by atoms with Crippen molar-refractivity contribution >= 4 is 6.29 Å². The minimum Gasteiger partial charge on any atom is -0.389 e. The van der Waals surface area contributed by atoms with Gasteiger partial charge < -0.3 is 9.90 Å². The number of aldehydes is 1. The molecule has 1 aromatic rings. The Hall–Kier alpha value is -1.29. The van der Waals surface area contributed by atoms with Crippen molar-refractivity contribution in [1.82, 2.24) is 0 Å². The maximum atomic E-state index is 14.4. The Morgan fingerprint density at radius 2 is 1.52 bits per heavy atom. The average molecular weight is 350 g/mol. The normalized spacial score (nSPS) is 31.5. The molecular weight excluding hydrogens is 322 g/mol. The van der Waals surface area contributed by atoms with E-state index in [1.165, 1.54) is 13.0 Å². The van der Waals surface area contributed by atoms with Gasteiger partial charge >= 0.3 is 0 Å². The van der Waals surface area contributed by atoms with Crippen molar-refractivity contribution in [1.29, 1.82) is 0 Å². The minimum atomic E-state index is -0.999. The van der Waals surface area contributed by atoms with Crippen molar-refractivity contribution in [2.75, 3.05) is 0 Å². The van der Waals surface area contributed by atoms with Gasteiger partial charge in [-0.25, -0.2) is 8.78 Å². The molecule has 0 heterocycles. The Kier molecular flexibility index (Phi) is 5.88. The van der Waals surface area contributed by atoms with Gasteiger partial charge in [0.15, 0.2) is 11.6 Å². The summed E-state index contributed by atoms with van der Waals surface area (Å²) in [5.74, 6) is -0.0165. The summed E-state index contributed by atoms with van der Waals surface area (Å²) < 4.78 is 28.6. The summed E-state index contributed by atoms with van der Waals surface area (Å²) in [6, 6.07) is 3.17. The molecule has 2 fully saturated rings. The topological polar surface area (TPSA) is 37.3 Å². The highest BCUT2D eigenvalue weighted by Gasteiger charge is 2.32. The molecule has 138 valence electrons. The van der Waals surface area contributed by atoms with Crippen molar-refractivity contribution in [3.8, 4) is 0 Å². The smallest absolute Gasteiger partial charge is 0.164 e. The van der Waals surface area contributed by atoms with E-state index in [0.29, 0.717) is 17.4 Å². The van der Waals surface area contributed by atoms with Crippen LogP contribution in [0.3, 0.4) is 0 Å². The van der Waals surface area contributed by atoms with Crippen LogP contribution in [0.25, 0.3) is 0 Å². The molecule has 0 amide bonds. The number of hydrogen-bond acceptors (Lipinski definition) is 2. The Bertz CT molecular complexity index is 598. The fraction of sp³-hybridized carbons (Fsp3) is 0.667. The molecule has 25 heavy (non-hydrogen) atoms. The Labute approximate surface area is 148 Å². The number of aliphatic hydroxyl groups excluding tert-OH is 1. The fourth-order valence-corrected chi connectivity index (χ4v) is 4.87. The standard InChI is InChI=1S/C21H28F2O2/c1-13(25)18-10-11-19(21(23)20(18)22)17-8-6-16(7-9-17)15-4-2-14(12-24)3-5-15/h10-17,25H,2-9H2,1H3. The molecule has 2 saturated carbocycles. The molecule has 0 spiro atoms. The summed E-state index contributed by atoms with van der Waals surface area (Å²) in [6.07, 6.45) is 8.27. The molecule has 1 N–H and O–H groups in total. The Balaban J connectivity index is 1.61. The lowest BCUT2D eigenvalue weighted by Gasteiger charge is -2.37. The molecule has 0 radical (unpaired) electrons. The molecule has 1 unspecified atom stereocenters. The molecular formula is C21H28F2O2. The van der Waals surface area contributed by atoms with E-state index < -0.39 is 17.7 Å². The summed E-state index contributed by atoms with van der Waals surface area (Å²) in [7, 11) is 0. The Morgan fingerprint density at radius 1 is 0.960 bits per heavy atom. The van der Waals surface area contributed by atoms with Gasteiger partial charge in [0, 0.05) is 11.5 Å². The van der Waals surface area contributed by atoms with Crippen LogP contribution in [-0.2, 0) is 4.79 Å². The second kappa shape index (κ2) is 7.94. The molecule has 3 rings (SSSR count). The van der Waals surface area contributed by atoms with E-state index in [0.717, 1.165) is 57.7 Å². The molecule has 0 saturated heterocycles. The van der Waals surface area contributed by atoms with Gasteiger partial charge in [-0.05, 0) is 81.6 Å². The van der Waals surface area contributed by atoms with Gasteiger partial charge in [0.1, 0.15) is 6.29 Å². The third kappa shape index (κ3) is 3.94. The van der Waals surface area contributed by atoms with Crippen LogP contribution in [0, 0.1) is 29.4 Å². The summed E-state index contributed by atoms with van der Waals surface area (Å²) in [5, 5.41) is 9.52. The first-order valence-corrected chi connectivity index (χ1v) is 9.62. The fourth-order valence-electron chi connectivity index (χ4n) is 4.87. The van der Waals surface area contributed by atoms with Crippen LogP contribution in [0.5, 0.6) is 0 Å². The van der Waals surface area contributed by atoms with Gasteiger partial charge in [0.25, 0.3) is 0 Å². The van der Waals surface area contributed by atoms with Crippen molar-refractivity contribution < 1.29 is 18.7 Å². The maximum Gasteiger partial charge on any atom is 0.164 e. The van der Waals surface area contributed by atoms with Gasteiger partial charge in [-0.15, -0.1) is 0 Å². The summed E-state index contributed by atoms with van der Waals surface area (Å²) in [4.78, 5) is 10.9. The first-order chi connectivity index (χ1) is 12.0. The Morgan fingerprint density at radius 3 is 2.04 bits per heavy atom. The maximum absolute atomic E-state index is 14.4. The predicted octanol–water partition coefficient (Wildman–Crippen LogP) is 5.30. The number of hydrogen-bond donors (Lipinski definition) is 1. The zero-order valence-corrected chi connectivity index (χ0v) is 14.9. The predicted molar refractivity (Wildman–Crippen MR) is 93.2 cm³/mol. The molecule has 1 aromatic carbocycles. The van der Waals surface area contributed by atoms with E-state index in [9.17, 15) is 18.7 Å². The number of carbonyl (C=O) groups is 1. The number of halogens is 2. The molecule has 4 heteroatoms. The molecule has 0 aliphatic heterocycles. The van der Waals surface area contributed by atoms with Crippen molar-refractivity contribution in [3.05, 3.63) is 34.9 Å². The van der Waals surface area contributed by atoms with Crippen LogP contribution in [0.1, 0.15) is 81.4 Å². The highest BCUT2D eigenvalue weighted by atomic mass is 19.2. The summed E-state index contributed by atoms with van der Waals surface area (Å²) in [5.41, 5.74) is 0.492. The first kappa shape index (κ1) is 18.5. The van der Waals surface area contributed by atoms with E-state index in [-0.39, 0.29) is 17.4 Å². The van der Waals surface area contributed by atoms with Crippen LogP contribution in [-0.4, -0.2) is 11.4 Å². The summed E-state index contributed by atoms with van der Waals surface area (Å²) in [6.45, 7) is 1.45. The second-order valence-electron chi connectivity index (χ2n) is 7.97. The van der Waals surface area contributed by atoms with E-state index in [1.54, 1.807) is 6.07 Å². The molecule has 0 bridgehead atoms. The number of benzene rings is 1. The lowest BCUT2D eigenvalue weighted by molar-refractivity contribution is -0.112. The van der Waals surface area contributed by atoms with E-state index in [4.69, 9.17) is 0 Å². The van der Waals surface area contributed by atoms with E-state index in [1.807, 2.05) is 0 Å². The van der Waals surface area contributed by atoms with Crippen LogP contribution in [0.15, 0.2) is 12.1 Å². The molecule has 1 atom stereocenters. The molecule has 2 aliphatic rings. The largest absolute Gasteiger partial charge is 0.389 e. The van der Waals surface area contributed by atoms with Crippen molar-refractivity contribution in [2.24, 2.45) is 17.8 Å². The highest BCUT2D eigenvalue weighted by Crippen LogP contribution is 2.44. The van der Waals surface area contributed by atoms with Gasteiger partial charge in [-0.2, -0.15) is 0 Å². The van der Waals surface area contributed by atoms with Crippen molar-refractivity contribution in [3.63, 3.8) is 0 Å². The second-order valence-corrected chi connectivity index (χ2v) is 7.97. The number of aliphatic hydroxyl groups is 1. The van der Waals surface area contributed by atoms with E-state index >= 15 is 0 Å². The monoisotopic (exact) mass is 350 g/mol. The van der Waals surface area contributed by atoms with Gasteiger partial charge in [0.2, 0.25) is 0 Å². The zero-order chi connectivity index (χ0) is 18.0. The molecule has 2 nitrogen and oxygen atoms in total. The minimum absolute atomic E-state index is 0.0295. The quantitative estimate of drug-likeness (QED) is 0.749. The third-order valence-corrected chi connectivity index (χ3v) is 6.48. The SMILES string of the molecule is CC(O)c1ccc(C2CCC(C3CCC(C=O)CC3)CC2)c(F)c1F. The lowest BCUT2D eigenvalue weighted by atomic mass is 9.68. The van der Waals surface area contributed by atoms with Gasteiger partial charge in [0.05, 0.1) is 6.10 Å². The molecule has 2 aliphatic carbocycles. The van der Waals surface area contributed by atoms with Crippen LogP contribution >= 0.6 is 0 Å². The van der Waals surface area contributed by atoms with E-state index in [2.05, 4.69) is 0 Å².